The van der Waals surface area contributed by atoms with Gasteiger partial charge in [-0.25, -0.2) is 4.39 Å². The predicted octanol–water partition coefficient (Wildman–Crippen LogP) is 5.63. The van der Waals surface area contributed by atoms with E-state index in [1.165, 1.54) is 31.2 Å². The molecule has 0 radical (unpaired) electrons. The van der Waals surface area contributed by atoms with Crippen LogP contribution in [0.2, 0.25) is 0 Å². The Morgan fingerprint density at radius 3 is 2.07 bits per heavy atom. The topological polar surface area (TPSA) is 30.5 Å². The molecule has 2 aromatic carbocycles. The van der Waals surface area contributed by atoms with Crippen molar-refractivity contribution in [2.45, 2.75) is 37.7 Å². The average molecular weight is 437 g/mol. The lowest BCUT2D eigenvalue weighted by atomic mass is 10.0. The van der Waals surface area contributed by atoms with Crippen LogP contribution in [0, 0.1) is 5.82 Å². The van der Waals surface area contributed by atoms with Gasteiger partial charge in [0.25, 0.3) is 0 Å². The van der Waals surface area contributed by atoms with Crippen LogP contribution in [0.5, 0.6) is 0 Å². The molecule has 3 rings (SSSR count). The Labute approximate surface area is 167 Å². The molecule has 1 fully saturated rings. The number of rotatable bonds is 4. The summed E-state index contributed by atoms with van der Waals surface area (Å²) in [6.07, 6.45) is -12.0. The molecule has 10 heteroatoms. The van der Waals surface area contributed by atoms with E-state index >= 15 is 0 Å². The zero-order valence-corrected chi connectivity index (χ0v) is 15.6. The van der Waals surface area contributed by atoms with Crippen molar-refractivity contribution >= 4 is 0 Å². The zero-order chi connectivity index (χ0) is 22.1. The molecular weight excluding hydrogens is 419 g/mol. The Morgan fingerprint density at radius 1 is 0.967 bits per heavy atom. The summed E-state index contributed by atoms with van der Waals surface area (Å²) in [4.78, 5) is 0. The molecule has 2 aromatic rings. The highest BCUT2D eigenvalue weighted by molar-refractivity contribution is 5.34. The average Bonchev–Trinajstić information content (AvgIpc) is 2.67. The van der Waals surface area contributed by atoms with Crippen LogP contribution in [0.1, 0.15) is 41.3 Å². The first-order valence-electron chi connectivity index (χ1n) is 9.00. The van der Waals surface area contributed by atoms with Crippen LogP contribution < -0.4 is 5.32 Å². The van der Waals surface area contributed by atoms with E-state index in [0.29, 0.717) is 24.2 Å². The second kappa shape index (κ2) is 8.52. The van der Waals surface area contributed by atoms with Gasteiger partial charge in [-0.2, -0.15) is 26.3 Å². The summed E-state index contributed by atoms with van der Waals surface area (Å²) >= 11 is 0. The molecule has 0 aliphatic carbocycles. The highest BCUT2D eigenvalue weighted by Crippen LogP contribution is 2.38. The minimum Gasteiger partial charge on any atom is -0.349 e. The van der Waals surface area contributed by atoms with Crippen LogP contribution in [-0.2, 0) is 21.8 Å². The van der Waals surface area contributed by atoms with Crippen molar-refractivity contribution < 1.29 is 40.2 Å². The van der Waals surface area contributed by atoms with Crippen molar-refractivity contribution in [2.75, 3.05) is 13.2 Å². The third-order valence-electron chi connectivity index (χ3n) is 4.67. The SMILES string of the molecule is C[C@H](O[C@H]1OCCNC1c1ccc(F)cc1)c1cc(C(F)(F)F)cc(C(F)(F)F)c1. The molecule has 0 aromatic heterocycles. The van der Waals surface area contributed by atoms with E-state index in [1.807, 2.05) is 0 Å². The van der Waals surface area contributed by atoms with E-state index in [9.17, 15) is 30.7 Å². The number of halogens is 7. The van der Waals surface area contributed by atoms with Crippen molar-refractivity contribution in [2.24, 2.45) is 0 Å². The third-order valence-corrected chi connectivity index (χ3v) is 4.67. The molecule has 1 heterocycles. The van der Waals surface area contributed by atoms with Crippen LogP contribution >= 0.6 is 0 Å². The van der Waals surface area contributed by atoms with Gasteiger partial charge in [-0.1, -0.05) is 12.1 Å². The summed E-state index contributed by atoms with van der Waals surface area (Å²) in [6, 6.07) is 6.20. The second-order valence-corrected chi connectivity index (χ2v) is 6.84. The Balaban J connectivity index is 1.88. The number of hydrogen-bond acceptors (Lipinski definition) is 3. The molecule has 0 saturated carbocycles. The smallest absolute Gasteiger partial charge is 0.349 e. The van der Waals surface area contributed by atoms with Gasteiger partial charge >= 0.3 is 12.4 Å². The van der Waals surface area contributed by atoms with Crippen LogP contribution in [0.25, 0.3) is 0 Å². The summed E-state index contributed by atoms with van der Waals surface area (Å²) in [5.41, 5.74) is -2.52. The maximum atomic E-state index is 13.2. The number of alkyl halides is 6. The third kappa shape index (κ3) is 5.30. The number of ether oxygens (including phenoxy) is 2. The van der Waals surface area contributed by atoms with Gasteiger partial charge in [0, 0.05) is 6.54 Å². The minimum absolute atomic E-state index is 0.0657. The van der Waals surface area contributed by atoms with E-state index in [0.717, 1.165) is 0 Å². The van der Waals surface area contributed by atoms with Gasteiger partial charge in [0.2, 0.25) is 0 Å². The monoisotopic (exact) mass is 437 g/mol. The quantitative estimate of drug-likeness (QED) is 0.630. The molecular formula is C20H18F7NO2. The molecule has 1 aliphatic rings. The molecule has 30 heavy (non-hydrogen) atoms. The number of benzene rings is 2. The zero-order valence-electron chi connectivity index (χ0n) is 15.6. The van der Waals surface area contributed by atoms with Crippen molar-refractivity contribution in [1.82, 2.24) is 5.32 Å². The Hall–Kier alpha value is -2.17. The van der Waals surface area contributed by atoms with Crippen molar-refractivity contribution in [3.63, 3.8) is 0 Å². The summed E-state index contributed by atoms with van der Waals surface area (Å²) in [5, 5.41) is 3.10. The lowest BCUT2D eigenvalue weighted by Crippen LogP contribution is -2.43. The summed E-state index contributed by atoms with van der Waals surface area (Å²) < 4.78 is 103. The van der Waals surface area contributed by atoms with Crippen LogP contribution in [0.4, 0.5) is 30.7 Å². The van der Waals surface area contributed by atoms with E-state index in [2.05, 4.69) is 5.32 Å². The maximum absolute atomic E-state index is 13.2. The van der Waals surface area contributed by atoms with Crippen molar-refractivity contribution in [1.29, 1.82) is 0 Å². The molecule has 164 valence electrons. The van der Waals surface area contributed by atoms with Crippen LogP contribution in [0.15, 0.2) is 42.5 Å². The van der Waals surface area contributed by atoms with Gasteiger partial charge in [0.05, 0.1) is 29.9 Å². The first kappa shape index (κ1) is 22.5. The standard InChI is InChI=1S/C20H18F7NO2/c1-11(13-8-14(19(22,23)24)10-15(9-13)20(25,26)27)30-18-17(28-6-7-29-18)12-2-4-16(21)5-3-12/h2-5,8-11,17-18,28H,6-7H2,1H3/t11-,17?,18+/m0/s1. The molecule has 1 unspecified atom stereocenters. The molecule has 0 bridgehead atoms. The van der Waals surface area contributed by atoms with E-state index < -0.39 is 47.7 Å². The molecule has 3 atom stereocenters. The summed E-state index contributed by atoms with van der Waals surface area (Å²) in [5.74, 6) is -0.454. The molecule has 1 aliphatic heterocycles. The minimum atomic E-state index is -4.95. The summed E-state index contributed by atoms with van der Waals surface area (Å²) in [7, 11) is 0. The first-order valence-corrected chi connectivity index (χ1v) is 9.00. The van der Waals surface area contributed by atoms with Gasteiger partial charge in [-0.05, 0) is 48.4 Å². The molecule has 0 spiro atoms. The van der Waals surface area contributed by atoms with Gasteiger partial charge in [-0.3, -0.25) is 0 Å². The molecule has 1 saturated heterocycles. The van der Waals surface area contributed by atoms with Gasteiger partial charge in [0.1, 0.15) is 5.82 Å². The van der Waals surface area contributed by atoms with Crippen molar-refractivity contribution in [3.05, 3.63) is 70.5 Å². The summed E-state index contributed by atoms with van der Waals surface area (Å²) in [6.45, 7) is 2.01. The Kier molecular flexibility index (Phi) is 6.40. The lowest BCUT2D eigenvalue weighted by molar-refractivity contribution is -0.200. The van der Waals surface area contributed by atoms with Crippen molar-refractivity contribution in [3.8, 4) is 0 Å². The predicted molar refractivity (Wildman–Crippen MR) is 92.8 cm³/mol. The molecule has 0 amide bonds. The number of hydrogen-bond donors (Lipinski definition) is 1. The maximum Gasteiger partial charge on any atom is 0.416 e. The van der Waals surface area contributed by atoms with Crippen LogP contribution in [0.3, 0.4) is 0 Å². The number of morpholine rings is 1. The van der Waals surface area contributed by atoms with E-state index in [-0.39, 0.29) is 18.2 Å². The van der Waals surface area contributed by atoms with Gasteiger partial charge in [0.15, 0.2) is 6.29 Å². The normalized spacial score (nSPS) is 21.5. The fourth-order valence-corrected chi connectivity index (χ4v) is 3.14. The highest BCUT2D eigenvalue weighted by atomic mass is 19.4. The molecule has 3 nitrogen and oxygen atoms in total. The fourth-order valence-electron chi connectivity index (χ4n) is 3.14. The van der Waals surface area contributed by atoms with E-state index in [1.54, 1.807) is 0 Å². The Morgan fingerprint density at radius 2 is 1.53 bits per heavy atom. The first-order chi connectivity index (χ1) is 13.9. The van der Waals surface area contributed by atoms with Crippen LogP contribution in [-0.4, -0.2) is 19.4 Å². The second-order valence-electron chi connectivity index (χ2n) is 6.84. The fraction of sp³-hybridized carbons (Fsp3) is 0.400. The highest BCUT2D eigenvalue weighted by Gasteiger charge is 2.38. The largest absolute Gasteiger partial charge is 0.416 e. The Bertz CT molecular complexity index is 833. The molecule has 1 N–H and O–H groups in total. The lowest BCUT2D eigenvalue weighted by Gasteiger charge is -2.34. The van der Waals surface area contributed by atoms with E-state index in [4.69, 9.17) is 9.47 Å². The number of nitrogens with one attached hydrogen (secondary N) is 1. The van der Waals surface area contributed by atoms with Gasteiger partial charge < -0.3 is 14.8 Å². The van der Waals surface area contributed by atoms with Gasteiger partial charge in [-0.15, -0.1) is 0 Å².